The first kappa shape index (κ1) is 12.1. The van der Waals surface area contributed by atoms with Gasteiger partial charge in [0.1, 0.15) is 10.4 Å². The molecule has 0 unspecified atom stereocenters. The Kier molecular flexibility index (Phi) is 3.16. The molecule has 0 atom stereocenters. The molecule has 5 heteroatoms. The molecular formula is C12H14N2O2S. The maximum Gasteiger partial charge on any atom is 0.357 e. The predicted molar refractivity (Wildman–Crippen MR) is 63.8 cm³/mol. The molecule has 17 heavy (non-hydrogen) atoms. The summed E-state index contributed by atoms with van der Waals surface area (Å²) in [7, 11) is 1.33. The standard InChI is InChI=1S/C12H14N2O2S/c1-3-8-4-12(5-8,7-13)11-14-9(6-17-11)10(15)16-2/h6,8H,3-5H2,1-2H3. The number of rotatable bonds is 3. The van der Waals surface area contributed by atoms with Gasteiger partial charge in [0.2, 0.25) is 0 Å². The van der Waals surface area contributed by atoms with Crippen LogP contribution in [0.25, 0.3) is 0 Å². The summed E-state index contributed by atoms with van der Waals surface area (Å²) < 4.78 is 4.61. The van der Waals surface area contributed by atoms with Gasteiger partial charge in [-0.25, -0.2) is 9.78 Å². The monoisotopic (exact) mass is 250 g/mol. The van der Waals surface area contributed by atoms with E-state index in [2.05, 4.69) is 22.7 Å². The fourth-order valence-electron chi connectivity index (χ4n) is 2.22. The van der Waals surface area contributed by atoms with Gasteiger partial charge in [0.15, 0.2) is 5.69 Å². The van der Waals surface area contributed by atoms with Crippen molar-refractivity contribution in [2.75, 3.05) is 7.11 Å². The summed E-state index contributed by atoms with van der Waals surface area (Å²) >= 11 is 1.38. The minimum atomic E-state index is -0.461. The number of esters is 1. The molecule has 0 N–H and O–H groups in total. The second-order valence-corrected chi connectivity index (χ2v) is 5.26. The van der Waals surface area contributed by atoms with E-state index in [1.807, 2.05) is 0 Å². The third-order valence-electron chi connectivity index (χ3n) is 3.37. The molecule has 1 aromatic heterocycles. The molecule has 0 radical (unpaired) electrons. The normalized spacial score (nSPS) is 27.0. The molecule has 1 aromatic rings. The number of thiazole rings is 1. The van der Waals surface area contributed by atoms with Crippen molar-refractivity contribution in [3.8, 4) is 6.07 Å². The number of carbonyl (C=O) groups excluding carboxylic acids is 1. The summed E-state index contributed by atoms with van der Waals surface area (Å²) in [5, 5.41) is 11.7. The highest BCUT2D eigenvalue weighted by Crippen LogP contribution is 2.49. The maximum atomic E-state index is 11.3. The van der Waals surface area contributed by atoms with E-state index in [9.17, 15) is 10.1 Å². The van der Waals surface area contributed by atoms with Crippen molar-refractivity contribution in [3.63, 3.8) is 0 Å². The zero-order valence-corrected chi connectivity index (χ0v) is 10.7. The van der Waals surface area contributed by atoms with Crippen LogP contribution in [0, 0.1) is 17.2 Å². The Labute approximate surface area is 104 Å². The lowest BCUT2D eigenvalue weighted by Gasteiger charge is -2.40. The number of carbonyl (C=O) groups is 1. The van der Waals surface area contributed by atoms with Crippen LogP contribution in [0.15, 0.2) is 5.38 Å². The molecule has 1 saturated carbocycles. The topological polar surface area (TPSA) is 63.0 Å². The molecule has 0 aliphatic heterocycles. The third-order valence-corrected chi connectivity index (χ3v) is 4.42. The summed E-state index contributed by atoms with van der Waals surface area (Å²) in [6.45, 7) is 2.13. The molecule has 1 aliphatic rings. The van der Waals surface area contributed by atoms with Crippen LogP contribution in [-0.2, 0) is 10.2 Å². The molecule has 0 spiro atoms. The fourth-order valence-corrected chi connectivity index (χ4v) is 3.18. The second kappa shape index (κ2) is 4.46. The van der Waals surface area contributed by atoms with Crippen molar-refractivity contribution in [1.29, 1.82) is 5.26 Å². The van der Waals surface area contributed by atoms with Gasteiger partial charge in [-0.3, -0.25) is 0 Å². The van der Waals surface area contributed by atoms with E-state index in [-0.39, 0.29) is 0 Å². The predicted octanol–water partition coefficient (Wildman–Crippen LogP) is 2.51. The molecule has 90 valence electrons. The van der Waals surface area contributed by atoms with Gasteiger partial charge in [-0.2, -0.15) is 5.26 Å². The van der Waals surface area contributed by atoms with Gasteiger partial charge in [0, 0.05) is 5.38 Å². The van der Waals surface area contributed by atoms with Crippen molar-refractivity contribution < 1.29 is 9.53 Å². The van der Waals surface area contributed by atoms with E-state index in [4.69, 9.17) is 0 Å². The largest absolute Gasteiger partial charge is 0.464 e. The molecule has 0 bridgehead atoms. The van der Waals surface area contributed by atoms with Gasteiger partial charge in [-0.05, 0) is 18.8 Å². The third kappa shape index (κ3) is 1.93. The van der Waals surface area contributed by atoms with E-state index in [0.717, 1.165) is 24.3 Å². The number of nitriles is 1. The van der Waals surface area contributed by atoms with Gasteiger partial charge < -0.3 is 4.74 Å². The molecule has 1 heterocycles. The van der Waals surface area contributed by atoms with Crippen LogP contribution in [0.1, 0.15) is 41.7 Å². The van der Waals surface area contributed by atoms with Crippen molar-refractivity contribution in [2.45, 2.75) is 31.6 Å². The lowest BCUT2D eigenvalue weighted by Crippen LogP contribution is -2.39. The van der Waals surface area contributed by atoms with Crippen molar-refractivity contribution in [1.82, 2.24) is 4.98 Å². The summed E-state index contributed by atoms with van der Waals surface area (Å²) in [4.78, 5) is 15.5. The molecule has 2 rings (SSSR count). The van der Waals surface area contributed by atoms with Crippen molar-refractivity contribution >= 4 is 17.3 Å². The number of methoxy groups -OCH3 is 1. The van der Waals surface area contributed by atoms with Gasteiger partial charge in [0.25, 0.3) is 0 Å². The minimum absolute atomic E-state index is 0.307. The van der Waals surface area contributed by atoms with Gasteiger partial charge >= 0.3 is 5.97 Å². The van der Waals surface area contributed by atoms with Gasteiger partial charge in [-0.15, -0.1) is 11.3 Å². The molecule has 0 amide bonds. The number of nitrogens with zero attached hydrogens (tertiary/aromatic N) is 2. The smallest absolute Gasteiger partial charge is 0.357 e. The summed E-state index contributed by atoms with van der Waals surface area (Å²) in [5.74, 6) is 0.173. The Morgan fingerprint density at radius 3 is 3.00 bits per heavy atom. The van der Waals surface area contributed by atoms with Gasteiger partial charge in [0.05, 0.1) is 13.2 Å². The molecule has 0 aromatic carbocycles. The number of hydrogen-bond acceptors (Lipinski definition) is 5. The van der Waals surface area contributed by atoms with Crippen LogP contribution in [0.3, 0.4) is 0 Å². The Balaban J connectivity index is 2.20. The number of aromatic nitrogens is 1. The zero-order chi connectivity index (χ0) is 12.5. The summed E-state index contributed by atoms with van der Waals surface area (Å²) in [6, 6.07) is 2.36. The van der Waals surface area contributed by atoms with E-state index in [1.165, 1.54) is 18.4 Å². The van der Waals surface area contributed by atoms with Crippen LogP contribution >= 0.6 is 11.3 Å². The lowest BCUT2D eigenvalue weighted by molar-refractivity contribution is 0.0594. The van der Waals surface area contributed by atoms with E-state index < -0.39 is 11.4 Å². The highest BCUT2D eigenvalue weighted by atomic mass is 32.1. The van der Waals surface area contributed by atoms with Crippen LogP contribution in [-0.4, -0.2) is 18.1 Å². The first-order chi connectivity index (χ1) is 8.15. The molecule has 0 saturated heterocycles. The number of ether oxygens (including phenoxy) is 1. The Morgan fingerprint density at radius 1 is 1.76 bits per heavy atom. The molecular weight excluding hydrogens is 236 g/mol. The van der Waals surface area contributed by atoms with Crippen LogP contribution < -0.4 is 0 Å². The molecule has 1 fully saturated rings. The zero-order valence-electron chi connectivity index (χ0n) is 9.90. The second-order valence-electron chi connectivity index (χ2n) is 4.41. The minimum Gasteiger partial charge on any atom is -0.464 e. The summed E-state index contributed by atoms with van der Waals surface area (Å²) in [6.07, 6.45) is 2.81. The van der Waals surface area contributed by atoms with Crippen molar-refractivity contribution in [3.05, 3.63) is 16.1 Å². The van der Waals surface area contributed by atoms with E-state index >= 15 is 0 Å². The van der Waals surface area contributed by atoms with Crippen molar-refractivity contribution in [2.24, 2.45) is 5.92 Å². The molecule has 1 aliphatic carbocycles. The Hall–Kier alpha value is -1.41. The SMILES string of the molecule is CCC1CC(C#N)(c2nc(C(=O)OC)cs2)C1. The number of hydrogen-bond donors (Lipinski definition) is 0. The Morgan fingerprint density at radius 2 is 2.47 bits per heavy atom. The van der Waals surface area contributed by atoms with Crippen LogP contribution in [0.2, 0.25) is 0 Å². The lowest BCUT2D eigenvalue weighted by atomic mass is 9.62. The summed E-state index contributed by atoms with van der Waals surface area (Å²) in [5.41, 5.74) is -0.153. The first-order valence-electron chi connectivity index (χ1n) is 5.60. The van der Waals surface area contributed by atoms with E-state index in [1.54, 1.807) is 5.38 Å². The average molecular weight is 250 g/mol. The highest BCUT2D eigenvalue weighted by Gasteiger charge is 2.47. The molecule has 4 nitrogen and oxygen atoms in total. The quantitative estimate of drug-likeness (QED) is 0.773. The fraction of sp³-hybridized carbons (Fsp3) is 0.583. The highest BCUT2D eigenvalue weighted by molar-refractivity contribution is 7.10. The maximum absolute atomic E-state index is 11.3. The van der Waals surface area contributed by atoms with Crippen LogP contribution in [0.5, 0.6) is 0 Å². The van der Waals surface area contributed by atoms with E-state index in [0.29, 0.717) is 11.6 Å². The Bertz CT molecular complexity index is 469. The van der Waals surface area contributed by atoms with Crippen LogP contribution in [0.4, 0.5) is 0 Å². The first-order valence-corrected chi connectivity index (χ1v) is 6.48. The average Bonchev–Trinajstić information content (AvgIpc) is 2.78. The van der Waals surface area contributed by atoms with Gasteiger partial charge in [-0.1, -0.05) is 13.3 Å².